The van der Waals surface area contributed by atoms with Crippen molar-refractivity contribution in [2.24, 2.45) is 23.5 Å². The minimum atomic E-state index is -0.603. The van der Waals surface area contributed by atoms with E-state index >= 15 is 0 Å². The maximum absolute atomic E-state index is 10.3. The van der Waals surface area contributed by atoms with Crippen molar-refractivity contribution in [3.63, 3.8) is 0 Å². The lowest BCUT2D eigenvalue weighted by atomic mass is 9.68. The van der Waals surface area contributed by atoms with Crippen molar-refractivity contribution in [3.8, 4) is 0 Å². The quantitative estimate of drug-likeness (QED) is 0.731. The van der Waals surface area contributed by atoms with Gasteiger partial charge in [0.15, 0.2) is 0 Å². The molecular weight excluding hydrogens is 174 g/mol. The van der Waals surface area contributed by atoms with Gasteiger partial charge in [-0.25, -0.2) is 0 Å². The number of hydrogen-bond acceptors (Lipinski definition) is 2. The molecule has 1 saturated carbocycles. The number of aliphatic hydroxyl groups is 1. The van der Waals surface area contributed by atoms with E-state index in [0.717, 1.165) is 31.1 Å². The summed E-state index contributed by atoms with van der Waals surface area (Å²) in [4.78, 5) is 0. The highest BCUT2D eigenvalue weighted by Gasteiger charge is 2.37. The van der Waals surface area contributed by atoms with Gasteiger partial charge in [0.25, 0.3) is 0 Å². The highest BCUT2D eigenvalue weighted by Crippen LogP contribution is 2.39. The molecule has 4 atom stereocenters. The zero-order valence-electron chi connectivity index (χ0n) is 9.79. The normalized spacial score (nSPS) is 37.9. The van der Waals surface area contributed by atoms with Crippen LogP contribution < -0.4 is 5.73 Å². The predicted octanol–water partition coefficient (Wildman–Crippen LogP) is 2.16. The minimum absolute atomic E-state index is 0.412. The zero-order chi connectivity index (χ0) is 10.8. The molecule has 1 aliphatic carbocycles. The molecular formula is C12H25NO. The van der Waals surface area contributed by atoms with Crippen molar-refractivity contribution in [1.29, 1.82) is 0 Å². The molecule has 0 aromatic carbocycles. The van der Waals surface area contributed by atoms with Crippen molar-refractivity contribution < 1.29 is 5.11 Å². The largest absolute Gasteiger partial charge is 0.388 e. The van der Waals surface area contributed by atoms with Crippen LogP contribution in [0.1, 0.15) is 46.5 Å². The first kappa shape index (κ1) is 12.0. The van der Waals surface area contributed by atoms with Gasteiger partial charge in [0, 0.05) is 6.54 Å². The zero-order valence-corrected chi connectivity index (χ0v) is 9.79. The molecule has 1 rings (SSSR count). The van der Waals surface area contributed by atoms with Crippen LogP contribution in [0.25, 0.3) is 0 Å². The molecule has 14 heavy (non-hydrogen) atoms. The third-order valence-corrected chi connectivity index (χ3v) is 4.32. The van der Waals surface area contributed by atoms with Gasteiger partial charge < -0.3 is 10.8 Å². The molecule has 0 radical (unpaired) electrons. The summed E-state index contributed by atoms with van der Waals surface area (Å²) in [5.41, 5.74) is 5.08. The number of nitrogens with two attached hydrogens (primary N) is 1. The molecule has 3 N–H and O–H groups in total. The highest BCUT2D eigenvalue weighted by atomic mass is 16.3. The second kappa shape index (κ2) is 4.63. The highest BCUT2D eigenvalue weighted by molar-refractivity contribution is 4.90. The summed E-state index contributed by atoms with van der Waals surface area (Å²) in [6, 6.07) is 0. The van der Waals surface area contributed by atoms with Gasteiger partial charge in [-0.2, -0.15) is 0 Å². The fraction of sp³-hybridized carbons (Fsp3) is 1.00. The Hall–Kier alpha value is -0.0800. The van der Waals surface area contributed by atoms with Gasteiger partial charge in [-0.3, -0.25) is 0 Å². The minimum Gasteiger partial charge on any atom is -0.388 e. The number of rotatable bonds is 3. The average Bonchev–Trinajstić information content (AvgIpc) is 2.21. The molecule has 0 amide bonds. The Balaban J connectivity index is 2.61. The van der Waals surface area contributed by atoms with Crippen LogP contribution in [-0.2, 0) is 0 Å². The van der Waals surface area contributed by atoms with Crippen molar-refractivity contribution in [2.75, 3.05) is 6.54 Å². The SMILES string of the molecule is CCC(O)(CN)C1CCC(C)C(C)C1. The lowest BCUT2D eigenvalue weighted by molar-refractivity contribution is -0.0424. The van der Waals surface area contributed by atoms with Gasteiger partial charge in [0.05, 0.1) is 5.60 Å². The first-order chi connectivity index (χ1) is 6.53. The standard InChI is InChI=1S/C12H25NO/c1-4-12(14,8-13)11-6-5-9(2)10(3)7-11/h9-11,14H,4-8,13H2,1-3H3. The lowest BCUT2D eigenvalue weighted by Gasteiger charge is -2.41. The molecule has 0 saturated heterocycles. The van der Waals surface area contributed by atoms with Crippen LogP contribution in [0.3, 0.4) is 0 Å². The van der Waals surface area contributed by atoms with Gasteiger partial charge in [-0.05, 0) is 37.0 Å². The molecule has 2 heteroatoms. The van der Waals surface area contributed by atoms with E-state index in [2.05, 4.69) is 13.8 Å². The monoisotopic (exact) mass is 199 g/mol. The van der Waals surface area contributed by atoms with Crippen molar-refractivity contribution in [3.05, 3.63) is 0 Å². The van der Waals surface area contributed by atoms with Crippen LogP contribution in [0, 0.1) is 17.8 Å². The van der Waals surface area contributed by atoms with Gasteiger partial charge >= 0.3 is 0 Å². The molecule has 1 fully saturated rings. The number of hydrogen-bond donors (Lipinski definition) is 2. The van der Waals surface area contributed by atoms with E-state index in [4.69, 9.17) is 5.73 Å². The summed E-state index contributed by atoms with van der Waals surface area (Å²) in [7, 11) is 0. The van der Waals surface area contributed by atoms with Crippen molar-refractivity contribution in [1.82, 2.24) is 0 Å². The van der Waals surface area contributed by atoms with Crippen LogP contribution in [0.4, 0.5) is 0 Å². The van der Waals surface area contributed by atoms with Crippen molar-refractivity contribution in [2.45, 2.75) is 52.1 Å². The van der Waals surface area contributed by atoms with Crippen LogP contribution in [0.2, 0.25) is 0 Å². The Morgan fingerprint density at radius 2 is 1.93 bits per heavy atom. The van der Waals surface area contributed by atoms with Crippen LogP contribution in [0.15, 0.2) is 0 Å². The third-order valence-electron chi connectivity index (χ3n) is 4.32. The average molecular weight is 199 g/mol. The van der Waals surface area contributed by atoms with Gasteiger partial charge in [-0.1, -0.05) is 27.2 Å². The Labute approximate surface area is 87.9 Å². The Kier molecular flexibility index (Phi) is 3.96. The molecule has 0 spiro atoms. The van der Waals surface area contributed by atoms with E-state index in [1.807, 2.05) is 6.92 Å². The van der Waals surface area contributed by atoms with Gasteiger partial charge in [0.2, 0.25) is 0 Å². The molecule has 0 aliphatic heterocycles. The second-order valence-electron chi connectivity index (χ2n) is 5.13. The van der Waals surface area contributed by atoms with E-state index in [9.17, 15) is 5.11 Å². The van der Waals surface area contributed by atoms with Crippen LogP contribution in [0.5, 0.6) is 0 Å². The summed E-state index contributed by atoms with van der Waals surface area (Å²) in [6.07, 6.45) is 4.32. The summed E-state index contributed by atoms with van der Waals surface area (Å²) >= 11 is 0. The lowest BCUT2D eigenvalue weighted by Crippen LogP contribution is -2.46. The topological polar surface area (TPSA) is 46.2 Å². The maximum atomic E-state index is 10.3. The summed E-state index contributed by atoms with van der Waals surface area (Å²) in [5.74, 6) is 1.97. The fourth-order valence-corrected chi connectivity index (χ4v) is 2.64. The molecule has 2 nitrogen and oxygen atoms in total. The molecule has 0 bridgehead atoms. The van der Waals surface area contributed by atoms with Crippen LogP contribution in [-0.4, -0.2) is 17.3 Å². The van der Waals surface area contributed by atoms with E-state index in [-0.39, 0.29) is 0 Å². The molecule has 1 aliphatic rings. The van der Waals surface area contributed by atoms with E-state index in [0.29, 0.717) is 12.5 Å². The van der Waals surface area contributed by atoms with Gasteiger partial charge in [-0.15, -0.1) is 0 Å². The summed E-state index contributed by atoms with van der Waals surface area (Å²) < 4.78 is 0. The van der Waals surface area contributed by atoms with Crippen molar-refractivity contribution >= 4 is 0 Å². The molecule has 4 unspecified atom stereocenters. The molecule has 0 aromatic rings. The van der Waals surface area contributed by atoms with Gasteiger partial charge in [0.1, 0.15) is 0 Å². The Morgan fingerprint density at radius 1 is 1.29 bits per heavy atom. The smallest absolute Gasteiger partial charge is 0.0794 e. The predicted molar refractivity (Wildman–Crippen MR) is 60.0 cm³/mol. The maximum Gasteiger partial charge on any atom is 0.0794 e. The Morgan fingerprint density at radius 3 is 2.36 bits per heavy atom. The Bertz CT molecular complexity index is 177. The first-order valence-electron chi connectivity index (χ1n) is 5.96. The van der Waals surface area contributed by atoms with E-state index < -0.39 is 5.60 Å². The molecule has 0 aromatic heterocycles. The molecule has 84 valence electrons. The van der Waals surface area contributed by atoms with E-state index in [1.54, 1.807) is 0 Å². The third kappa shape index (κ3) is 2.29. The summed E-state index contributed by atoms with van der Waals surface area (Å²) in [6.45, 7) is 7.06. The fourth-order valence-electron chi connectivity index (χ4n) is 2.64. The first-order valence-corrected chi connectivity index (χ1v) is 5.96. The van der Waals surface area contributed by atoms with E-state index in [1.165, 1.54) is 6.42 Å². The molecule has 0 heterocycles. The second-order valence-corrected chi connectivity index (χ2v) is 5.13. The van der Waals surface area contributed by atoms with Crippen LogP contribution >= 0.6 is 0 Å². The summed E-state index contributed by atoms with van der Waals surface area (Å²) in [5, 5.41) is 10.3.